The Morgan fingerprint density at radius 1 is 1.78 bits per heavy atom. The zero-order valence-corrected chi connectivity index (χ0v) is 5.79. The van der Waals surface area contributed by atoms with Crippen molar-refractivity contribution in [2.24, 2.45) is 11.5 Å². The monoisotopic (exact) mass is 134 g/mol. The minimum Gasteiger partial charge on any atom is -0.480 e. The fraction of sp³-hybridized carbons (Fsp3) is 0.800. The third-order valence-electron chi connectivity index (χ3n) is 0.390. The molecule has 0 saturated heterocycles. The van der Waals surface area contributed by atoms with E-state index in [9.17, 15) is 4.79 Å². The van der Waals surface area contributed by atoms with E-state index in [1.165, 1.54) is 6.92 Å². The quantitative estimate of drug-likeness (QED) is 0.446. The van der Waals surface area contributed by atoms with E-state index in [0.29, 0.717) is 0 Å². The highest BCUT2D eigenvalue weighted by Gasteiger charge is 1.99. The van der Waals surface area contributed by atoms with Gasteiger partial charge in [-0.3, -0.25) is 4.79 Å². The van der Waals surface area contributed by atoms with Gasteiger partial charge >= 0.3 is 5.97 Å². The summed E-state index contributed by atoms with van der Waals surface area (Å²) in [6.07, 6.45) is 0. The molecule has 0 bridgehead atoms. The smallest absolute Gasteiger partial charge is 0.320 e. The molecule has 0 radical (unpaired) electrons. The molecule has 0 aromatic rings. The van der Waals surface area contributed by atoms with Crippen LogP contribution in [0, 0.1) is 0 Å². The molecule has 1 unspecified atom stereocenters. The van der Waals surface area contributed by atoms with E-state index in [2.05, 4.69) is 0 Å². The Labute approximate surface area is 54.8 Å². The Morgan fingerprint density at radius 2 is 1.89 bits per heavy atom. The largest absolute Gasteiger partial charge is 0.480 e. The highest BCUT2D eigenvalue weighted by molar-refractivity contribution is 5.72. The lowest BCUT2D eigenvalue weighted by Crippen LogP contribution is -2.25. The Morgan fingerprint density at radius 3 is 1.89 bits per heavy atom. The third kappa shape index (κ3) is 18.7. The van der Waals surface area contributed by atoms with Crippen LogP contribution in [0.1, 0.15) is 13.8 Å². The van der Waals surface area contributed by atoms with Crippen molar-refractivity contribution in [3.8, 4) is 0 Å². The first-order valence-electron chi connectivity index (χ1n) is 2.74. The van der Waals surface area contributed by atoms with Gasteiger partial charge < -0.3 is 16.6 Å². The van der Waals surface area contributed by atoms with Crippen molar-refractivity contribution in [2.75, 3.05) is 6.54 Å². The number of carboxylic acid groups (broad SMARTS) is 1. The molecule has 0 aliphatic heterocycles. The van der Waals surface area contributed by atoms with Gasteiger partial charge in [-0.1, -0.05) is 6.92 Å². The Hall–Kier alpha value is -0.610. The minimum absolute atomic E-state index is 0.731. The number of aliphatic carboxylic acids is 1. The molecular weight excluding hydrogens is 120 g/mol. The van der Waals surface area contributed by atoms with E-state index < -0.39 is 12.0 Å². The van der Waals surface area contributed by atoms with Crippen molar-refractivity contribution < 1.29 is 9.90 Å². The molecule has 0 fully saturated rings. The number of carbonyl (C=O) groups is 1. The number of carboxylic acids is 1. The van der Waals surface area contributed by atoms with Crippen molar-refractivity contribution in [2.45, 2.75) is 19.9 Å². The Balaban J connectivity index is 0. The normalized spacial score (nSPS) is 11.1. The molecule has 9 heavy (non-hydrogen) atoms. The summed E-state index contributed by atoms with van der Waals surface area (Å²) < 4.78 is 0. The average molecular weight is 134 g/mol. The molecule has 0 rings (SSSR count). The first-order chi connectivity index (χ1) is 4.06. The molecule has 0 aromatic heterocycles. The van der Waals surface area contributed by atoms with Crippen molar-refractivity contribution in [1.82, 2.24) is 0 Å². The van der Waals surface area contributed by atoms with Crippen molar-refractivity contribution in [1.29, 1.82) is 0 Å². The number of hydrogen-bond donors (Lipinski definition) is 3. The SMILES string of the molecule is CC(N)C(=O)O.CCN. The third-order valence-corrected chi connectivity index (χ3v) is 0.390. The second kappa shape index (κ2) is 7.39. The van der Waals surface area contributed by atoms with Gasteiger partial charge in [-0.2, -0.15) is 0 Å². The van der Waals surface area contributed by atoms with Gasteiger partial charge in [0.25, 0.3) is 0 Å². The molecule has 4 heteroatoms. The predicted molar refractivity (Wildman–Crippen MR) is 36.0 cm³/mol. The van der Waals surface area contributed by atoms with Gasteiger partial charge in [0, 0.05) is 0 Å². The number of nitrogens with two attached hydrogens (primary N) is 2. The van der Waals surface area contributed by atoms with E-state index in [1.807, 2.05) is 6.92 Å². The van der Waals surface area contributed by atoms with Crippen LogP contribution in [0.25, 0.3) is 0 Å². The van der Waals surface area contributed by atoms with Crippen LogP contribution in [0.4, 0.5) is 0 Å². The van der Waals surface area contributed by atoms with Gasteiger partial charge in [-0.05, 0) is 13.5 Å². The van der Waals surface area contributed by atoms with E-state index in [0.717, 1.165) is 6.54 Å². The first kappa shape index (κ1) is 11.2. The summed E-state index contributed by atoms with van der Waals surface area (Å²) in [6, 6.07) is -0.731. The van der Waals surface area contributed by atoms with Crippen LogP contribution in [0.3, 0.4) is 0 Å². The zero-order chi connectivity index (χ0) is 7.86. The van der Waals surface area contributed by atoms with Gasteiger partial charge in [0.2, 0.25) is 0 Å². The minimum atomic E-state index is -0.963. The lowest BCUT2D eigenvalue weighted by atomic mass is 10.4. The maximum Gasteiger partial charge on any atom is 0.320 e. The van der Waals surface area contributed by atoms with Gasteiger partial charge in [0.1, 0.15) is 6.04 Å². The lowest BCUT2D eigenvalue weighted by molar-refractivity contribution is -0.138. The van der Waals surface area contributed by atoms with E-state index >= 15 is 0 Å². The lowest BCUT2D eigenvalue weighted by Gasteiger charge is -1.90. The zero-order valence-electron chi connectivity index (χ0n) is 5.79. The molecular formula is C5H14N2O2. The van der Waals surface area contributed by atoms with Crippen LogP contribution in [0.5, 0.6) is 0 Å². The van der Waals surface area contributed by atoms with Crippen LogP contribution in [0.2, 0.25) is 0 Å². The second-order valence-electron chi connectivity index (χ2n) is 1.54. The summed E-state index contributed by atoms with van der Waals surface area (Å²) in [6.45, 7) is 4.07. The average Bonchev–Trinajstić information content (AvgIpc) is 1.68. The molecule has 56 valence electrons. The summed E-state index contributed by atoms with van der Waals surface area (Å²) in [7, 11) is 0. The predicted octanol–water partition coefficient (Wildman–Crippen LogP) is -0.617. The molecule has 0 aliphatic carbocycles. The summed E-state index contributed by atoms with van der Waals surface area (Å²) >= 11 is 0. The van der Waals surface area contributed by atoms with Gasteiger partial charge in [-0.15, -0.1) is 0 Å². The van der Waals surface area contributed by atoms with Crippen molar-refractivity contribution >= 4 is 5.97 Å². The topological polar surface area (TPSA) is 89.3 Å². The molecule has 4 nitrogen and oxygen atoms in total. The molecule has 0 aliphatic rings. The van der Waals surface area contributed by atoms with Crippen LogP contribution in [-0.4, -0.2) is 23.7 Å². The second-order valence-corrected chi connectivity index (χ2v) is 1.54. The van der Waals surface area contributed by atoms with Crippen LogP contribution in [0.15, 0.2) is 0 Å². The molecule has 5 N–H and O–H groups in total. The molecule has 0 spiro atoms. The molecule has 1 atom stereocenters. The molecule has 0 aromatic carbocycles. The molecule has 0 amide bonds. The van der Waals surface area contributed by atoms with E-state index in [-0.39, 0.29) is 0 Å². The standard InChI is InChI=1S/C3H7NO2.C2H7N/c1-2(4)3(5)6;1-2-3/h2H,4H2,1H3,(H,5,6);2-3H2,1H3. The Bertz CT molecular complexity index is 73.4. The summed E-state index contributed by atoms with van der Waals surface area (Å²) in [5.74, 6) is -0.963. The highest BCUT2D eigenvalue weighted by atomic mass is 16.4. The fourth-order valence-corrected chi connectivity index (χ4v) is 0. The maximum absolute atomic E-state index is 9.57. The fourth-order valence-electron chi connectivity index (χ4n) is 0. The summed E-state index contributed by atoms with van der Waals surface area (Å²) in [4.78, 5) is 9.57. The molecule has 0 saturated carbocycles. The Kier molecular flexibility index (Phi) is 9.21. The van der Waals surface area contributed by atoms with E-state index in [4.69, 9.17) is 16.6 Å². The highest BCUT2D eigenvalue weighted by Crippen LogP contribution is 1.68. The maximum atomic E-state index is 9.57. The van der Waals surface area contributed by atoms with Crippen molar-refractivity contribution in [3.05, 3.63) is 0 Å². The van der Waals surface area contributed by atoms with Gasteiger partial charge in [0.05, 0.1) is 0 Å². The van der Waals surface area contributed by atoms with Crippen LogP contribution < -0.4 is 11.5 Å². The number of rotatable bonds is 1. The molecule has 0 heterocycles. The first-order valence-corrected chi connectivity index (χ1v) is 2.74. The summed E-state index contributed by atoms with van der Waals surface area (Å²) in [5, 5.41) is 7.87. The van der Waals surface area contributed by atoms with Gasteiger partial charge in [-0.25, -0.2) is 0 Å². The summed E-state index contributed by atoms with van der Waals surface area (Å²) in [5.41, 5.74) is 9.68. The van der Waals surface area contributed by atoms with Gasteiger partial charge in [0.15, 0.2) is 0 Å². The van der Waals surface area contributed by atoms with Crippen LogP contribution in [-0.2, 0) is 4.79 Å². The number of hydrogen-bond acceptors (Lipinski definition) is 3. The van der Waals surface area contributed by atoms with Crippen LogP contribution >= 0.6 is 0 Å². The van der Waals surface area contributed by atoms with Crippen molar-refractivity contribution in [3.63, 3.8) is 0 Å². The van der Waals surface area contributed by atoms with E-state index in [1.54, 1.807) is 0 Å².